The number of ether oxygens (including phenoxy) is 2. The second kappa shape index (κ2) is 5.50. The molecule has 4 rings (SSSR count). The highest BCUT2D eigenvalue weighted by Crippen LogP contribution is 2.28. The van der Waals surface area contributed by atoms with Crippen LogP contribution in [0.3, 0.4) is 0 Å². The van der Waals surface area contributed by atoms with Gasteiger partial charge < -0.3 is 19.8 Å². The van der Waals surface area contributed by atoms with Gasteiger partial charge in [-0.1, -0.05) is 0 Å². The van der Waals surface area contributed by atoms with Crippen molar-refractivity contribution in [1.82, 2.24) is 24.7 Å². The maximum absolute atomic E-state index is 8.93. The molecule has 0 aromatic carbocycles. The van der Waals surface area contributed by atoms with Crippen molar-refractivity contribution in [2.45, 2.75) is 19.1 Å². The van der Waals surface area contributed by atoms with Gasteiger partial charge >= 0.3 is 0 Å². The molecular formula is C15H15N7O2. The van der Waals surface area contributed by atoms with Gasteiger partial charge in [0, 0.05) is 18.6 Å². The van der Waals surface area contributed by atoms with E-state index in [1.165, 1.54) is 0 Å². The molecule has 3 aromatic rings. The smallest absolute Gasteiger partial charge is 0.257 e. The topological polar surface area (TPSA) is 114 Å². The van der Waals surface area contributed by atoms with Crippen LogP contribution < -0.4 is 10.1 Å². The van der Waals surface area contributed by atoms with Crippen LogP contribution in [0.25, 0.3) is 11.0 Å². The van der Waals surface area contributed by atoms with Crippen molar-refractivity contribution < 1.29 is 9.47 Å². The molecular weight excluding hydrogens is 310 g/mol. The second-order valence-electron chi connectivity index (χ2n) is 5.63. The molecule has 2 N–H and O–H groups in total. The second-order valence-corrected chi connectivity index (χ2v) is 5.63. The molecule has 9 nitrogen and oxygen atoms in total. The highest BCUT2D eigenvalue weighted by molar-refractivity contribution is 5.78. The molecule has 0 saturated carbocycles. The van der Waals surface area contributed by atoms with Crippen LogP contribution in [0.2, 0.25) is 0 Å². The van der Waals surface area contributed by atoms with Crippen LogP contribution in [0.4, 0.5) is 11.6 Å². The van der Waals surface area contributed by atoms with Crippen LogP contribution in [0.1, 0.15) is 12.6 Å². The first kappa shape index (κ1) is 14.5. The number of H-pyrrole nitrogens is 1. The molecule has 0 bridgehead atoms. The molecule has 122 valence electrons. The lowest BCUT2D eigenvalue weighted by molar-refractivity contribution is -0.140. The summed E-state index contributed by atoms with van der Waals surface area (Å²) in [5.41, 5.74) is 1.71. The van der Waals surface area contributed by atoms with Gasteiger partial charge in [0.2, 0.25) is 5.95 Å². The maximum Gasteiger partial charge on any atom is 0.257 e. The van der Waals surface area contributed by atoms with Crippen LogP contribution >= 0.6 is 0 Å². The van der Waals surface area contributed by atoms with Crippen molar-refractivity contribution in [3.05, 3.63) is 24.2 Å². The van der Waals surface area contributed by atoms with E-state index in [2.05, 4.69) is 25.4 Å². The minimum Gasteiger partial charge on any atom is -0.467 e. The molecule has 0 aliphatic carbocycles. The summed E-state index contributed by atoms with van der Waals surface area (Å²) in [7, 11) is 1.81. The van der Waals surface area contributed by atoms with Crippen molar-refractivity contribution in [3.8, 4) is 11.9 Å². The predicted octanol–water partition coefficient (Wildman–Crippen LogP) is 1.47. The molecule has 1 fully saturated rings. The van der Waals surface area contributed by atoms with Gasteiger partial charge in [-0.3, -0.25) is 4.68 Å². The van der Waals surface area contributed by atoms with E-state index in [0.717, 1.165) is 5.39 Å². The van der Waals surface area contributed by atoms with Crippen molar-refractivity contribution in [2.75, 3.05) is 11.9 Å². The van der Waals surface area contributed by atoms with E-state index >= 15 is 0 Å². The first-order valence-corrected chi connectivity index (χ1v) is 7.47. The number of anilines is 2. The fraction of sp³-hybridized carbons (Fsp3) is 0.333. The number of rotatable bonds is 4. The van der Waals surface area contributed by atoms with Gasteiger partial charge in [0.05, 0.1) is 18.9 Å². The molecule has 4 heterocycles. The quantitative estimate of drug-likeness (QED) is 0.746. The van der Waals surface area contributed by atoms with Gasteiger partial charge in [0.15, 0.2) is 0 Å². The van der Waals surface area contributed by atoms with Crippen molar-refractivity contribution in [1.29, 1.82) is 5.26 Å². The molecule has 3 aromatic heterocycles. The fourth-order valence-corrected chi connectivity index (χ4v) is 2.44. The Morgan fingerprint density at radius 3 is 3.12 bits per heavy atom. The fourth-order valence-electron chi connectivity index (χ4n) is 2.44. The number of nitrogens with one attached hydrogen (secondary N) is 2. The number of nitriles is 1. The van der Waals surface area contributed by atoms with E-state index in [4.69, 9.17) is 14.7 Å². The summed E-state index contributed by atoms with van der Waals surface area (Å²) in [6.45, 7) is 2.51. The Morgan fingerprint density at radius 2 is 2.42 bits per heavy atom. The highest BCUT2D eigenvalue weighted by Gasteiger charge is 2.31. The van der Waals surface area contributed by atoms with E-state index in [1.54, 1.807) is 23.1 Å². The maximum atomic E-state index is 8.93. The van der Waals surface area contributed by atoms with Gasteiger partial charge in [-0.05, 0) is 13.0 Å². The van der Waals surface area contributed by atoms with Gasteiger partial charge in [0.25, 0.3) is 5.88 Å². The molecule has 1 aliphatic heterocycles. The first-order valence-electron chi connectivity index (χ1n) is 7.47. The Morgan fingerprint density at radius 1 is 1.54 bits per heavy atom. The lowest BCUT2D eigenvalue weighted by Crippen LogP contribution is -2.46. The lowest BCUT2D eigenvalue weighted by Gasteiger charge is -2.33. The summed E-state index contributed by atoms with van der Waals surface area (Å²) in [6.07, 6.45) is 3.49. The van der Waals surface area contributed by atoms with E-state index < -0.39 is 0 Å². The number of aryl methyl sites for hydroxylation is 1. The van der Waals surface area contributed by atoms with Crippen molar-refractivity contribution >= 4 is 22.7 Å². The molecule has 0 radical (unpaired) electrons. The van der Waals surface area contributed by atoms with E-state index in [9.17, 15) is 0 Å². The summed E-state index contributed by atoms with van der Waals surface area (Å²) in [4.78, 5) is 11.6. The standard InChI is InChI=1S/C15H15N7O2/c1-8-12(7-23-8)24-14-11(6-22(2)21-14)19-15-17-5-9-3-10(4-16)18-13(9)20-15/h3,5-6,8,12H,7H2,1-2H3,(H2,17,18,19,20)/t8-,12?/m1/s1. The van der Waals surface area contributed by atoms with Crippen LogP contribution in [0.5, 0.6) is 5.88 Å². The SMILES string of the molecule is C[C@H]1OCC1Oc1nn(C)cc1Nc1ncc2cc(C#N)[nH]c2n1. The largest absolute Gasteiger partial charge is 0.467 e. The molecule has 9 heteroatoms. The van der Waals surface area contributed by atoms with Gasteiger partial charge in [-0.2, -0.15) is 10.2 Å². The van der Waals surface area contributed by atoms with Crippen molar-refractivity contribution in [2.24, 2.45) is 7.05 Å². The molecule has 2 atom stereocenters. The molecule has 0 spiro atoms. The molecule has 1 saturated heterocycles. The Hall–Kier alpha value is -3.12. The number of hydrogen-bond donors (Lipinski definition) is 2. The average Bonchev–Trinajstić information content (AvgIpc) is 3.13. The number of hydrogen-bond acceptors (Lipinski definition) is 7. The molecule has 1 unspecified atom stereocenters. The minimum absolute atomic E-state index is 0.00885. The third kappa shape index (κ3) is 2.53. The van der Waals surface area contributed by atoms with Gasteiger partial charge in [-0.25, -0.2) is 4.98 Å². The number of aromatic amines is 1. The van der Waals surface area contributed by atoms with E-state index in [1.807, 2.05) is 20.0 Å². The zero-order valence-electron chi connectivity index (χ0n) is 13.1. The molecule has 1 aliphatic rings. The van der Waals surface area contributed by atoms with Gasteiger partial charge in [0.1, 0.15) is 29.2 Å². The average molecular weight is 325 g/mol. The zero-order valence-corrected chi connectivity index (χ0v) is 13.1. The summed E-state index contributed by atoms with van der Waals surface area (Å²) in [5, 5.41) is 17.1. The molecule has 24 heavy (non-hydrogen) atoms. The number of fused-ring (bicyclic) bond motifs is 1. The molecule has 0 amide bonds. The number of nitrogens with zero attached hydrogens (tertiary/aromatic N) is 5. The highest BCUT2D eigenvalue weighted by atomic mass is 16.6. The third-order valence-corrected chi connectivity index (χ3v) is 3.84. The zero-order chi connectivity index (χ0) is 16.7. The van der Waals surface area contributed by atoms with E-state index in [0.29, 0.717) is 35.5 Å². The Kier molecular flexibility index (Phi) is 3.32. The Balaban J connectivity index is 1.59. The summed E-state index contributed by atoms with van der Waals surface area (Å²) >= 11 is 0. The Labute approximate surface area is 137 Å². The summed E-state index contributed by atoms with van der Waals surface area (Å²) in [6, 6.07) is 3.75. The minimum atomic E-state index is -0.00885. The first-order chi connectivity index (χ1) is 11.6. The third-order valence-electron chi connectivity index (χ3n) is 3.84. The van der Waals surface area contributed by atoms with Crippen molar-refractivity contribution in [3.63, 3.8) is 0 Å². The van der Waals surface area contributed by atoms with E-state index in [-0.39, 0.29) is 12.2 Å². The van der Waals surface area contributed by atoms with Crippen LogP contribution in [0, 0.1) is 11.3 Å². The number of aromatic nitrogens is 5. The lowest BCUT2D eigenvalue weighted by atomic mass is 10.2. The van der Waals surface area contributed by atoms with Crippen LogP contribution in [-0.4, -0.2) is 43.5 Å². The van der Waals surface area contributed by atoms with Crippen LogP contribution in [-0.2, 0) is 11.8 Å². The monoisotopic (exact) mass is 325 g/mol. The summed E-state index contributed by atoms with van der Waals surface area (Å²) < 4.78 is 12.8. The predicted molar refractivity (Wildman–Crippen MR) is 84.9 cm³/mol. The summed E-state index contributed by atoms with van der Waals surface area (Å²) in [5.74, 6) is 0.871. The Bertz CT molecular complexity index is 939. The van der Waals surface area contributed by atoms with Crippen LogP contribution in [0.15, 0.2) is 18.5 Å². The van der Waals surface area contributed by atoms with Gasteiger partial charge in [-0.15, -0.1) is 5.10 Å². The normalized spacial score (nSPS) is 19.7.